The van der Waals surface area contributed by atoms with E-state index in [1.54, 1.807) is 18.3 Å². The largest absolute Gasteiger partial charge is 0.465 e. The highest BCUT2D eigenvalue weighted by molar-refractivity contribution is 7.19. The first-order valence-corrected chi connectivity index (χ1v) is 6.42. The van der Waals surface area contributed by atoms with Crippen LogP contribution in [0.3, 0.4) is 0 Å². The van der Waals surface area contributed by atoms with E-state index in [1.807, 2.05) is 12.1 Å². The number of hydrogen-bond acceptors (Lipinski definition) is 4. The number of hydrogen-bond donors (Lipinski definition) is 1. The highest BCUT2D eigenvalue weighted by Gasteiger charge is 2.16. The molecule has 0 aliphatic heterocycles. The number of carbonyl (C=O) groups excluding carboxylic acids is 1. The number of esters is 1. The summed E-state index contributed by atoms with van der Waals surface area (Å²) in [6.07, 6.45) is 0.540. The van der Waals surface area contributed by atoms with Crippen molar-refractivity contribution in [2.24, 2.45) is 5.73 Å². The lowest BCUT2D eigenvalue weighted by molar-refractivity contribution is -0.144. The van der Waals surface area contributed by atoms with E-state index in [0.29, 0.717) is 13.0 Å². The van der Waals surface area contributed by atoms with Gasteiger partial charge in [-0.2, -0.15) is 0 Å². The molecule has 4 heteroatoms. The summed E-state index contributed by atoms with van der Waals surface area (Å²) in [6.45, 7) is 2.16. The molecule has 2 N–H and O–H groups in total. The van der Waals surface area contributed by atoms with Gasteiger partial charge < -0.3 is 10.5 Å². The van der Waals surface area contributed by atoms with Gasteiger partial charge in [0.1, 0.15) is 6.04 Å². The van der Waals surface area contributed by atoms with E-state index >= 15 is 0 Å². The number of rotatable bonds is 4. The van der Waals surface area contributed by atoms with E-state index in [9.17, 15) is 4.79 Å². The van der Waals surface area contributed by atoms with Gasteiger partial charge in [-0.15, -0.1) is 11.3 Å². The lowest BCUT2D eigenvalue weighted by Crippen LogP contribution is -2.34. The Labute approximate surface area is 104 Å². The molecule has 2 aromatic rings. The van der Waals surface area contributed by atoms with Crippen molar-refractivity contribution in [3.05, 3.63) is 35.2 Å². The van der Waals surface area contributed by atoms with Gasteiger partial charge in [-0.3, -0.25) is 4.79 Å². The van der Waals surface area contributed by atoms with Crippen LogP contribution in [0.5, 0.6) is 0 Å². The minimum absolute atomic E-state index is 0.329. The Morgan fingerprint density at radius 2 is 2.24 bits per heavy atom. The summed E-state index contributed by atoms with van der Waals surface area (Å²) in [5, 5.41) is 1.20. The molecule has 0 saturated heterocycles. The quantitative estimate of drug-likeness (QED) is 0.846. The van der Waals surface area contributed by atoms with Gasteiger partial charge in [-0.25, -0.2) is 0 Å². The second-order valence-corrected chi connectivity index (χ2v) is 4.98. The Morgan fingerprint density at radius 1 is 1.47 bits per heavy atom. The Kier molecular flexibility index (Phi) is 3.76. The molecule has 1 aromatic heterocycles. The molecule has 0 spiro atoms. The van der Waals surface area contributed by atoms with Crippen molar-refractivity contribution >= 4 is 27.4 Å². The molecule has 90 valence electrons. The second-order valence-electron chi connectivity index (χ2n) is 3.81. The van der Waals surface area contributed by atoms with Crippen molar-refractivity contribution < 1.29 is 9.53 Å². The van der Waals surface area contributed by atoms with E-state index in [-0.39, 0.29) is 5.97 Å². The van der Waals surface area contributed by atoms with Gasteiger partial charge in [0.25, 0.3) is 0 Å². The van der Waals surface area contributed by atoms with Crippen LogP contribution < -0.4 is 5.73 Å². The Morgan fingerprint density at radius 3 is 2.94 bits per heavy atom. The third-order valence-electron chi connectivity index (χ3n) is 2.49. The maximum absolute atomic E-state index is 11.4. The third kappa shape index (κ3) is 2.84. The van der Waals surface area contributed by atoms with Crippen LogP contribution in [0.15, 0.2) is 30.3 Å². The van der Waals surface area contributed by atoms with Gasteiger partial charge in [-0.05, 0) is 24.4 Å². The van der Waals surface area contributed by atoms with Gasteiger partial charge >= 0.3 is 5.97 Å². The smallest absolute Gasteiger partial charge is 0.323 e. The first-order chi connectivity index (χ1) is 8.20. The van der Waals surface area contributed by atoms with Crippen molar-refractivity contribution in [2.75, 3.05) is 6.61 Å². The van der Waals surface area contributed by atoms with Gasteiger partial charge in [0, 0.05) is 16.0 Å². The minimum atomic E-state index is -0.567. The molecular weight excluding hydrogens is 234 g/mol. The van der Waals surface area contributed by atoms with Gasteiger partial charge in [0.05, 0.1) is 6.61 Å². The molecule has 0 aliphatic rings. The maximum Gasteiger partial charge on any atom is 0.323 e. The van der Waals surface area contributed by atoms with Crippen LogP contribution in [0.2, 0.25) is 0 Å². The van der Waals surface area contributed by atoms with Crippen molar-refractivity contribution in [2.45, 2.75) is 19.4 Å². The van der Waals surface area contributed by atoms with Crippen LogP contribution >= 0.6 is 11.3 Å². The Balaban J connectivity index is 2.10. The second kappa shape index (κ2) is 5.29. The molecule has 0 aliphatic carbocycles. The Bertz CT molecular complexity index is 488. The molecular formula is C13H15NO2S. The fourth-order valence-electron chi connectivity index (χ4n) is 1.69. The summed E-state index contributed by atoms with van der Waals surface area (Å²) in [6, 6.07) is 9.66. The number of ether oxygens (including phenoxy) is 1. The molecule has 0 radical (unpaired) electrons. The summed E-state index contributed by atoms with van der Waals surface area (Å²) in [4.78, 5) is 12.5. The summed E-state index contributed by atoms with van der Waals surface area (Å²) in [5.41, 5.74) is 5.79. The van der Waals surface area contributed by atoms with Gasteiger partial charge in [0.15, 0.2) is 0 Å². The number of nitrogens with two attached hydrogens (primary N) is 1. The topological polar surface area (TPSA) is 52.3 Å². The van der Waals surface area contributed by atoms with E-state index in [0.717, 1.165) is 4.88 Å². The molecule has 0 saturated carbocycles. The predicted molar refractivity (Wildman–Crippen MR) is 70.1 cm³/mol. The van der Waals surface area contributed by atoms with Crippen molar-refractivity contribution in [3.63, 3.8) is 0 Å². The average molecular weight is 249 g/mol. The molecule has 1 atom stereocenters. The fraction of sp³-hybridized carbons (Fsp3) is 0.308. The molecule has 3 nitrogen and oxygen atoms in total. The maximum atomic E-state index is 11.4. The molecule has 1 unspecified atom stereocenters. The van der Waals surface area contributed by atoms with Crippen molar-refractivity contribution in [1.29, 1.82) is 0 Å². The van der Waals surface area contributed by atoms with Crippen LogP contribution in [0.4, 0.5) is 0 Å². The molecule has 0 fully saturated rings. The van der Waals surface area contributed by atoms with E-state index < -0.39 is 6.04 Å². The van der Waals surface area contributed by atoms with Crippen LogP contribution in [-0.4, -0.2) is 18.6 Å². The van der Waals surface area contributed by atoms with E-state index in [4.69, 9.17) is 10.5 Å². The fourth-order valence-corrected chi connectivity index (χ4v) is 2.81. The zero-order valence-corrected chi connectivity index (χ0v) is 10.5. The monoisotopic (exact) mass is 249 g/mol. The number of fused-ring (bicyclic) bond motifs is 1. The average Bonchev–Trinajstić information content (AvgIpc) is 2.71. The van der Waals surface area contributed by atoms with E-state index in [1.165, 1.54) is 10.1 Å². The molecule has 1 heterocycles. The van der Waals surface area contributed by atoms with E-state index in [2.05, 4.69) is 18.2 Å². The summed E-state index contributed by atoms with van der Waals surface area (Å²) < 4.78 is 6.11. The van der Waals surface area contributed by atoms with Crippen LogP contribution in [0, 0.1) is 0 Å². The minimum Gasteiger partial charge on any atom is -0.465 e. The van der Waals surface area contributed by atoms with Crippen LogP contribution in [0.1, 0.15) is 11.8 Å². The standard InChI is InChI=1S/C13H15NO2S/c1-2-16-13(15)11(14)8-10-7-9-5-3-4-6-12(9)17-10/h3-7,11H,2,8,14H2,1H3. The number of benzene rings is 1. The molecule has 2 rings (SSSR count). The zero-order chi connectivity index (χ0) is 12.3. The van der Waals surface area contributed by atoms with Gasteiger partial charge in [-0.1, -0.05) is 18.2 Å². The first-order valence-electron chi connectivity index (χ1n) is 5.60. The summed E-state index contributed by atoms with van der Waals surface area (Å²) >= 11 is 1.67. The van der Waals surface area contributed by atoms with Gasteiger partial charge in [0.2, 0.25) is 0 Å². The Hall–Kier alpha value is -1.39. The molecule has 0 bridgehead atoms. The summed E-state index contributed by atoms with van der Waals surface area (Å²) in [5.74, 6) is -0.329. The number of thiophene rings is 1. The number of carbonyl (C=O) groups is 1. The van der Waals surface area contributed by atoms with Crippen LogP contribution in [-0.2, 0) is 16.0 Å². The van der Waals surface area contributed by atoms with Crippen LogP contribution in [0.25, 0.3) is 10.1 Å². The van der Waals surface area contributed by atoms with Crippen molar-refractivity contribution in [1.82, 2.24) is 0 Å². The third-order valence-corrected chi connectivity index (χ3v) is 3.63. The normalized spacial score (nSPS) is 12.6. The zero-order valence-electron chi connectivity index (χ0n) is 9.68. The predicted octanol–water partition coefficient (Wildman–Crippen LogP) is 2.33. The molecule has 1 aromatic carbocycles. The molecule has 0 amide bonds. The lowest BCUT2D eigenvalue weighted by atomic mass is 10.2. The first kappa shape index (κ1) is 12.1. The lowest BCUT2D eigenvalue weighted by Gasteiger charge is -2.08. The summed E-state index contributed by atoms with van der Waals surface area (Å²) in [7, 11) is 0. The highest BCUT2D eigenvalue weighted by atomic mass is 32.1. The molecule has 17 heavy (non-hydrogen) atoms. The highest BCUT2D eigenvalue weighted by Crippen LogP contribution is 2.25. The SMILES string of the molecule is CCOC(=O)C(N)Cc1cc2ccccc2s1. The van der Waals surface area contributed by atoms with Crippen molar-refractivity contribution in [3.8, 4) is 0 Å².